The summed E-state index contributed by atoms with van der Waals surface area (Å²) in [6, 6.07) is 110. The van der Waals surface area contributed by atoms with Gasteiger partial charge >= 0.3 is 0 Å². The number of para-hydroxylation sites is 11. The SMILES string of the molecule is CC(C)c1cccc(C(C)C)c1N1C(=O)c2cc(-n3c4ccc(Br)cc4c4cc(Br)ccc43)c(-n3c4ccc(Br)cc4c4cc(Br)ccc43)cc2C1=O.CC1(C)c2ccccc2N(c2cc3c(cc2-n2c4ccccc4c4ccccc42)C(=O)n2c-3nc3ccccc32)c2ccccc21.O=C1c2c(cccc2-n2c3ccccc3c(=O)c3ccccc32)-c2nc3ccccc3n21. The van der Waals surface area contributed by atoms with Crippen molar-refractivity contribution < 1.29 is 19.2 Å². The summed E-state index contributed by atoms with van der Waals surface area (Å²) in [5, 5.41) is 7.85. The molecule has 0 radical (unpaired) electrons. The Balaban J connectivity index is 0.000000112. The lowest BCUT2D eigenvalue weighted by atomic mass is 9.73. The fraction of sp³-hybridized carbons (Fsp3) is 0.0804. The van der Waals surface area contributed by atoms with E-state index in [1.54, 1.807) is 9.13 Å². The first kappa shape index (κ1) is 79.9. The maximum atomic E-state index is 14.9. The van der Waals surface area contributed by atoms with E-state index in [0.717, 1.165) is 168 Å². The summed E-state index contributed by atoms with van der Waals surface area (Å²) in [6.07, 6.45) is 0. The molecule has 0 bridgehead atoms. The Bertz CT molecular complexity index is 8470. The van der Waals surface area contributed by atoms with Crippen LogP contribution in [0.15, 0.2) is 350 Å². The third kappa shape index (κ3) is 11.9. The van der Waals surface area contributed by atoms with Crippen molar-refractivity contribution in [3.63, 3.8) is 0 Å². The van der Waals surface area contributed by atoms with Crippen LogP contribution in [-0.2, 0) is 5.41 Å². The van der Waals surface area contributed by atoms with Crippen molar-refractivity contribution >= 4 is 219 Å². The number of hydrogen-bond acceptors (Lipinski definition) is 8. The minimum absolute atomic E-state index is 0.00900. The number of imide groups is 1. The van der Waals surface area contributed by atoms with E-state index in [0.29, 0.717) is 50.4 Å². The summed E-state index contributed by atoms with van der Waals surface area (Å²) in [6.45, 7) is 13.0. The lowest BCUT2D eigenvalue weighted by molar-refractivity contribution is 0.0921. The Kier molecular flexibility index (Phi) is 18.3. The standard InChI is InChI=1S/C44H31Br4N3O2.C41H28N4O.C27H15N3O2/c1-22(2)28-6-5-7-29(23(3)4)42(28)51-43(52)34-20-40(49-36-12-8-24(45)16-30(36)31-17-25(46)9-13-37(31)49)41(21-35(34)44(51)53)50-38-14-10-26(47)18-32(38)33-19-27(48)11-15-39(33)50;1-41(2)29-15-5-10-20-34(29)44(35-21-11-6-16-30(35)41)37-23-27-28(40(46)45-36-22-12-7-17-31(36)42-39(27)45)24-38(37)43-32-18-8-3-13-25(32)26-14-4-9-19-33(26)43;31-25-16-8-1-4-12-20(16)29(21-13-5-2-9-17(21)25)23-15-7-10-18-24(23)27(32)30-22-14-6-3-11-19(22)28-26(18)30/h5-23H,1-4H3;3-24H,1-2H3;1-15H. The maximum Gasteiger partial charge on any atom is 0.267 e. The highest BCUT2D eigenvalue weighted by Crippen LogP contribution is 2.56. The van der Waals surface area contributed by atoms with Crippen LogP contribution in [-0.4, -0.2) is 61.0 Å². The van der Waals surface area contributed by atoms with Gasteiger partial charge in [0, 0.05) is 77.5 Å². The van der Waals surface area contributed by atoms with Crippen molar-refractivity contribution in [3.05, 3.63) is 400 Å². The highest BCUT2D eigenvalue weighted by atomic mass is 79.9. The maximum absolute atomic E-state index is 14.9. The number of fused-ring (bicyclic) bond motifs is 24. The molecule has 19 heteroatoms. The molecule has 2 amide bonds. The number of imidazole rings is 2. The molecule has 6 aromatic heterocycles. The minimum Gasteiger partial charge on any atom is -0.308 e. The van der Waals surface area contributed by atoms with Gasteiger partial charge in [-0.15, -0.1) is 0 Å². The van der Waals surface area contributed by atoms with Crippen LogP contribution in [0.3, 0.4) is 0 Å². The van der Waals surface area contributed by atoms with E-state index in [-0.39, 0.29) is 46.3 Å². The first-order valence-electron chi connectivity index (χ1n) is 43.5. The van der Waals surface area contributed by atoms with Crippen LogP contribution < -0.4 is 15.2 Å². The fourth-order valence-electron chi connectivity index (χ4n) is 20.9. The molecule has 26 rings (SSSR count). The Morgan fingerprint density at radius 3 is 1.03 bits per heavy atom. The highest BCUT2D eigenvalue weighted by Gasteiger charge is 2.44. The summed E-state index contributed by atoms with van der Waals surface area (Å²) in [5.41, 5.74) is 26.1. The summed E-state index contributed by atoms with van der Waals surface area (Å²) >= 11 is 14.8. The molecule has 630 valence electrons. The molecular weight excluding hydrogens is 1880 g/mol. The molecule has 15 nitrogen and oxygen atoms in total. The number of pyridine rings is 1. The second kappa shape index (κ2) is 30.1. The molecule has 0 spiro atoms. The molecule has 16 aromatic carbocycles. The van der Waals surface area contributed by atoms with E-state index in [4.69, 9.17) is 9.97 Å². The van der Waals surface area contributed by atoms with Gasteiger partial charge in [0.1, 0.15) is 11.6 Å². The lowest BCUT2D eigenvalue weighted by Crippen LogP contribution is -2.31. The molecule has 0 atom stereocenters. The Labute approximate surface area is 783 Å². The lowest BCUT2D eigenvalue weighted by Gasteiger charge is -2.42. The average molecular weight is 1960 g/mol. The molecule has 0 N–H and O–H groups in total. The van der Waals surface area contributed by atoms with E-state index < -0.39 is 0 Å². The van der Waals surface area contributed by atoms with Gasteiger partial charge in [0.15, 0.2) is 5.43 Å². The Hall–Kier alpha value is -14.5. The van der Waals surface area contributed by atoms with Crippen molar-refractivity contribution in [2.75, 3.05) is 9.80 Å². The molecule has 22 aromatic rings. The quantitative estimate of drug-likeness (QED) is 0.108. The van der Waals surface area contributed by atoms with Crippen LogP contribution in [0.5, 0.6) is 0 Å². The van der Waals surface area contributed by atoms with Gasteiger partial charge in [-0.1, -0.05) is 257 Å². The zero-order valence-corrected chi connectivity index (χ0v) is 77.7. The molecule has 131 heavy (non-hydrogen) atoms. The monoisotopic (exact) mass is 1950 g/mol. The zero-order valence-electron chi connectivity index (χ0n) is 71.4. The third-order valence-corrected chi connectivity index (χ3v) is 28.7. The zero-order chi connectivity index (χ0) is 89.2. The largest absolute Gasteiger partial charge is 0.308 e. The van der Waals surface area contributed by atoms with Crippen molar-refractivity contribution in [1.82, 2.24) is 37.4 Å². The fourth-order valence-corrected chi connectivity index (χ4v) is 22.4. The van der Waals surface area contributed by atoms with Crippen molar-refractivity contribution in [3.8, 4) is 45.5 Å². The minimum atomic E-state index is -0.311. The van der Waals surface area contributed by atoms with Crippen molar-refractivity contribution in [2.24, 2.45) is 0 Å². The van der Waals surface area contributed by atoms with Gasteiger partial charge in [-0.25, -0.2) is 14.9 Å². The Morgan fingerprint density at radius 1 is 0.260 bits per heavy atom. The number of carbonyl (C=O) groups is 4. The number of aromatic nitrogens is 8. The van der Waals surface area contributed by atoms with Crippen LogP contribution >= 0.6 is 63.7 Å². The molecular formula is C112H74Br4N10O5. The number of amides is 2. The van der Waals surface area contributed by atoms with Gasteiger partial charge < -0.3 is 23.2 Å². The number of anilines is 4. The number of rotatable bonds is 8. The molecule has 10 heterocycles. The number of halogens is 4. The Morgan fingerprint density at radius 2 is 0.588 bits per heavy atom. The van der Waals surface area contributed by atoms with Gasteiger partial charge in [-0.3, -0.25) is 33.1 Å². The molecule has 4 aliphatic heterocycles. The topological polar surface area (TPSA) is 147 Å². The second-order valence-electron chi connectivity index (χ2n) is 35.0. The predicted molar refractivity (Wildman–Crippen MR) is 543 cm³/mol. The molecule has 0 aliphatic carbocycles. The summed E-state index contributed by atoms with van der Waals surface area (Å²) < 4.78 is 16.2. The van der Waals surface area contributed by atoms with Crippen molar-refractivity contribution in [1.29, 1.82) is 0 Å². The normalized spacial score (nSPS) is 13.5. The van der Waals surface area contributed by atoms with Gasteiger partial charge in [-0.2, -0.15) is 0 Å². The van der Waals surface area contributed by atoms with Gasteiger partial charge in [0.25, 0.3) is 23.6 Å². The molecule has 4 aliphatic rings. The van der Waals surface area contributed by atoms with Gasteiger partial charge in [0.05, 0.1) is 134 Å². The van der Waals surface area contributed by atoms with E-state index >= 15 is 0 Å². The highest BCUT2D eigenvalue weighted by molar-refractivity contribution is 9.11. The molecule has 0 saturated carbocycles. The summed E-state index contributed by atoms with van der Waals surface area (Å²) in [4.78, 5) is 84.5. The number of benzene rings is 16. The first-order valence-corrected chi connectivity index (χ1v) is 46.7. The van der Waals surface area contributed by atoms with E-state index in [1.165, 1.54) is 26.8 Å². The van der Waals surface area contributed by atoms with Crippen LogP contribution in [0.4, 0.5) is 22.7 Å². The average Bonchev–Trinajstić information content (AvgIpc) is 1.63. The predicted octanol–water partition coefficient (Wildman–Crippen LogP) is 29.1. The smallest absolute Gasteiger partial charge is 0.267 e. The summed E-state index contributed by atoms with van der Waals surface area (Å²) in [7, 11) is 0. The van der Waals surface area contributed by atoms with Gasteiger partial charge in [-0.05, 0) is 210 Å². The van der Waals surface area contributed by atoms with Crippen LogP contribution in [0.1, 0.15) is 117 Å². The van der Waals surface area contributed by atoms with E-state index in [1.807, 2.05) is 174 Å². The van der Waals surface area contributed by atoms with E-state index in [9.17, 15) is 24.0 Å². The van der Waals surface area contributed by atoms with E-state index in [2.05, 4.69) is 282 Å². The molecule has 0 saturated heterocycles. The third-order valence-electron chi connectivity index (χ3n) is 26.7. The molecule has 0 fully saturated rings. The second-order valence-corrected chi connectivity index (χ2v) is 38.7. The number of carbonyl (C=O) groups excluding carboxylic acids is 4. The number of hydrogen-bond donors (Lipinski definition) is 0. The van der Waals surface area contributed by atoms with Crippen LogP contribution in [0, 0.1) is 0 Å². The van der Waals surface area contributed by atoms with Gasteiger partial charge in [0.2, 0.25) is 0 Å². The number of nitrogens with zero attached hydrogens (tertiary/aromatic N) is 10. The first-order chi connectivity index (χ1) is 63.7. The van der Waals surface area contributed by atoms with Crippen LogP contribution in [0.2, 0.25) is 0 Å². The molecule has 0 unspecified atom stereocenters. The van der Waals surface area contributed by atoms with Crippen molar-refractivity contribution in [2.45, 2.75) is 58.8 Å². The summed E-state index contributed by atoms with van der Waals surface area (Å²) in [5.74, 6) is 0.776. The van der Waals surface area contributed by atoms with Crippen LogP contribution in [0.25, 0.3) is 155 Å².